The van der Waals surface area contributed by atoms with E-state index in [0.717, 1.165) is 11.3 Å². The standard InChI is InChI=1S/C17H16N2OS/c20-17(13-6-2-1-3-7-13)18-10-11-21-16-12-19-15-9-5-4-8-14(15)16/h1-9,12,19H,10-11H2,(H,18,20). The molecular weight excluding hydrogens is 280 g/mol. The fraction of sp³-hybridized carbons (Fsp3) is 0.118. The number of hydrogen-bond donors (Lipinski definition) is 2. The van der Waals surface area contributed by atoms with Gasteiger partial charge in [-0.2, -0.15) is 0 Å². The zero-order chi connectivity index (χ0) is 14.5. The first-order valence-electron chi connectivity index (χ1n) is 6.87. The van der Waals surface area contributed by atoms with Crippen LogP contribution < -0.4 is 5.32 Å². The first kappa shape index (κ1) is 13.8. The molecule has 0 atom stereocenters. The maximum atomic E-state index is 11.9. The van der Waals surface area contributed by atoms with E-state index in [9.17, 15) is 4.79 Å². The van der Waals surface area contributed by atoms with Gasteiger partial charge in [0.05, 0.1) is 0 Å². The van der Waals surface area contributed by atoms with Crippen LogP contribution in [-0.2, 0) is 0 Å². The van der Waals surface area contributed by atoms with Gasteiger partial charge in [-0.25, -0.2) is 0 Å². The number of aromatic nitrogens is 1. The van der Waals surface area contributed by atoms with E-state index in [2.05, 4.69) is 22.4 Å². The molecule has 1 heterocycles. The summed E-state index contributed by atoms with van der Waals surface area (Å²) < 4.78 is 0. The molecule has 0 spiro atoms. The lowest BCUT2D eigenvalue weighted by molar-refractivity contribution is 0.0956. The minimum atomic E-state index is -0.0184. The minimum absolute atomic E-state index is 0.0184. The number of aromatic amines is 1. The van der Waals surface area contributed by atoms with Crippen LogP contribution in [0.1, 0.15) is 10.4 Å². The lowest BCUT2D eigenvalue weighted by Gasteiger charge is -2.04. The summed E-state index contributed by atoms with van der Waals surface area (Å²) in [7, 11) is 0. The molecule has 0 saturated carbocycles. The highest BCUT2D eigenvalue weighted by Gasteiger charge is 2.05. The minimum Gasteiger partial charge on any atom is -0.360 e. The molecule has 0 fully saturated rings. The second kappa shape index (κ2) is 6.50. The van der Waals surface area contributed by atoms with Crippen molar-refractivity contribution in [2.75, 3.05) is 12.3 Å². The van der Waals surface area contributed by atoms with Crippen molar-refractivity contribution in [3.8, 4) is 0 Å². The average molecular weight is 296 g/mol. The number of hydrogen-bond acceptors (Lipinski definition) is 2. The number of amides is 1. The van der Waals surface area contributed by atoms with Crippen LogP contribution in [0, 0.1) is 0 Å². The molecule has 1 aromatic heterocycles. The number of nitrogens with one attached hydrogen (secondary N) is 2. The second-order valence-corrected chi connectivity index (χ2v) is 5.81. The number of carbonyl (C=O) groups excluding carboxylic acids is 1. The summed E-state index contributed by atoms with van der Waals surface area (Å²) >= 11 is 1.75. The van der Waals surface area contributed by atoms with Gasteiger partial charge in [0.25, 0.3) is 5.91 Å². The van der Waals surface area contributed by atoms with Crippen molar-refractivity contribution in [2.24, 2.45) is 0 Å². The van der Waals surface area contributed by atoms with Crippen molar-refractivity contribution < 1.29 is 4.79 Å². The molecule has 106 valence electrons. The number of rotatable bonds is 5. The molecule has 0 bridgehead atoms. The molecular formula is C17H16N2OS. The van der Waals surface area contributed by atoms with Crippen LogP contribution in [0.3, 0.4) is 0 Å². The number of fused-ring (bicyclic) bond motifs is 1. The van der Waals surface area contributed by atoms with E-state index in [1.165, 1.54) is 10.3 Å². The van der Waals surface area contributed by atoms with Gasteiger partial charge in [-0.15, -0.1) is 11.8 Å². The number of benzene rings is 2. The summed E-state index contributed by atoms with van der Waals surface area (Å²) in [4.78, 5) is 16.4. The van der Waals surface area contributed by atoms with Crippen LogP contribution in [0.15, 0.2) is 65.7 Å². The summed E-state index contributed by atoms with van der Waals surface area (Å²) in [5.74, 6) is 0.829. The lowest BCUT2D eigenvalue weighted by Crippen LogP contribution is -2.25. The molecule has 2 aromatic carbocycles. The van der Waals surface area contributed by atoms with Gasteiger partial charge in [0.1, 0.15) is 0 Å². The van der Waals surface area contributed by atoms with Crippen LogP contribution in [0.2, 0.25) is 0 Å². The highest BCUT2D eigenvalue weighted by atomic mass is 32.2. The van der Waals surface area contributed by atoms with E-state index in [4.69, 9.17) is 0 Å². The molecule has 21 heavy (non-hydrogen) atoms. The van der Waals surface area contributed by atoms with Crippen molar-refractivity contribution in [2.45, 2.75) is 4.90 Å². The Bertz CT molecular complexity index is 737. The third-order valence-corrected chi connectivity index (χ3v) is 4.29. The fourth-order valence-corrected chi connectivity index (χ4v) is 3.08. The van der Waals surface area contributed by atoms with Gasteiger partial charge in [0.15, 0.2) is 0 Å². The van der Waals surface area contributed by atoms with Crippen molar-refractivity contribution in [1.82, 2.24) is 10.3 Å². The van der Waals surface area contributed by atoms with E-state index < -0.39 is 0 Å². The van der Waals surface area contributed by atoms with Gasteiger partial charge >= 0.3 is 0 Å². The Kier molecular flexibility index (Phi) is 4.26. The Morgan fingerprint density at radius 2 is 1.81 bits per heavy atom. The molecule has 0 unspecified atom stereocenters. The lowest BCUT2D eigenvalue weighted by atomic mass is 10.2. The topological polar surface area (TPSA) is 44.9 Å². The Morgan fingerprint density at radius 3 is 2.67 bits per heavy atom. The van der Waals surface area contributed by atoms with Crippen molar-refractivity contribution >= 4 is 28.6 Å². The number of para-hydroxylation sites is 1. The number of H-pyrrole nitrogens is 1. The molecule has 2 N–H and O–H groups in total. The van der Waals surface area contributed by atoms with E-state index in [0.29, 0.717) is 12.1 Å². The molecule has 4 heteroatoms. The third kappa shape index (κ3) is 3.28. The Hall–Kier alpha value is -2.20. The molecule has 3 aromatic rings. The first-order chi connectivity index (χ1) is 10.3. The van der Waals surface area contributed by atoms with Gasteiger partial charge in [0.2, 0.25) is 0 Å². The van der Waals surface area contributed by atoms with Gasteiger partial charge in [-0.3, -0.25) is 4.79 Å². The maximum Gasteiger partial charge on any atom is 0.251 e. The molecule has 3 nitrogen and oxygen atoms in total. The molecule has 1 amide bonds. The second-order valence-electron chi connectivity index (χ2n) is 4.67. The smallest absolute Gasteiger partial charge is 0.251 e. The predicted molar refractivity (Wildman–Crippen MR) is 87.8 cm³/mol. The third-order valence-electron chi connectivity index (χ3n) is 3.23. The normalized spacial score (nSPS) is 10.7. The van der Waals surface area contributed by atoms with E-state index >= 15 is 0 Å². The molecule has 0 radical (unpaired) electrons. The molecule has 0 aliphatic heterocycles. The zero-order valence-corrected chi connectivity index (χ0v) is 12.3. The highest BCUT2D eigenvalue weighted by Crippen LogP contribution is 2.27. The maximum absolute atomic E-state index is 11.9. The van der Waals surface area contributed by atoms with Crippen molar-refractivity contribution in [1.29, 1.82) is 0 Å². The van der Waals surface area contributed by atoms with Gasteiger partial charge in [-0.05, 0) is 18.2 Å². The first-order valence-corrected chi connectivity index (χ1v) is 7.85. The van der Waals surface area contributed by atoms with Gasteiger partial charge in [0, 0.05) is 39.9 Å². The van der Waals surface area contributed by atoms with Crippen molar-refractivity contribution in [3.63, 3.8) is 0 Å². The molecule has 0 saturated heterocycles. The Balaban J connectivity index is 1.52. The summed E-state index contributed by atoms with van der Waals surface area (Å²) in [6.07, 6.45) is 2.02. The largest absolute Gasteiger partial charge is 0.360 e. The quantitative estimate of drug-likeness (QED) is 0.557. The van der Waals surface area contributed by atoms with Crippen LogP contribution >= 0.6 is 11.8 Å². The summed E-state index contributed by atoms with van der Waals surface area (Å²) in [5.41, 5.74) is 1.85. The monoisotopic (exact) mass is 296 g/mol. The van der Waals surface area contributed by atoms with Crippen LogP contribution in [0.4, 0.5) is 0 Å². The Morgan fingerprint density at radius 1 is 1.05 bits per heavy atom. The summed E-state index contributed by atoms with van der Waals surface area (Å²) in [6, 6.07) is 17.5. The van der Waals surface area contributed by atoms with E-state index in [1.54, 1.807) is 11.8 Å². The van der Waals surface area contributed by atoms with Crippen LogP contribution in [-0.4, -0.2) is 23.2 Å². The molecule has 0 aliphatic carbocycles. The van der Waals surface area contributed by atoms with Crippen LogP contribution in [0.5, 0.6) is 0 Å². The predicted octanol–water partition coefficient (Wildman–Crippen LogP) is 3.69. The average Bonchev–Trinajstić information content (AvgIpc) is 2.95. The summed E-state index contributed by atoms with van der Waals surface area (Å²) in [5, 5.41) is 4.17. The summed E-state index contributed by atoms with van der Waals surface area (Å²) in [6.45, 7) is 0.651. The molecule has 3 rings (SSSR count). The van der Waals surface area contributed by atoms with E-state index in [-0.39, 0.29) is 5.91 Å². The van der Waals surface area contributed by atoms with Gasteiger partial charge in [-0.1, -0.05) is 36.4 Å². The van der Waals surface area contributed by atoms with E-state index in [1.807, 2.05) is 48.7 Å². The SMILES string of the molecule is O=C(NCCSc1c[nH]c2ccccc12)c1ccccc1. The highest BCUT2D eigenvalue weighted by molar-refractivity contribution is 7.99. The zero-order valence-electron chi connectivity index (χ0n) is 11.5. The fourth-order valence-electron chi connectivity index (χ4n) is 2.18. The molecule has 0 aliphatic rings. The number of thioether (sulfide) groups is 1. The van der Waals surface area contributed by atoms with Gasteiger partial charge < -0.3 is 10.3 Å². The van der Waals surface area contributed by atoms with Crippen molar-refractivity contribution in [3.05, 3.63) is 66.4 Å². The number of carbonyl (C=O) groups is 1. The van der Waals surface area contributed by atoms with Crippen LogP contribution in [0.25, 0.3) is 10.9 Å². The Labute approximate surface area is 127 Å².